The molecule has 0 bridgehead atoms. The van der Waals surface area contributed by atoms with Crippen molar-refractivity contribution in [2.45, 2.75) is 39.7 Å². The Morgan fingerprint density at radius 1 is 1.22 bits per heavy atom. The molecule has 1 aliphatic rings. The van der Waals surface area contributed by atoms with Crippen molar-refractivity contribution < 1.29 is 0 Å². The summed E-state index contributed by atoms with van der Waals surface area (Å²) in [6, 6.07) is 2.07. The summed E-state index contributed by atoms with van der Waals surface area (Å²) in [6.45, 7) is 8.12. The lowest BCUT2D eigenvalue weighted by molar-refractivity contribution is 0.652. The molecule has 0 N–H and O–H groups in total. The Bertz CT molecular complexity index is 874. The second kappa shape index (κ2) is 5.04. The van der Waals surface area contributed by atoms with E-state index in [1.807, 2.05) is 11.4 Å². The van der Waals surface area contributed by atoms with Crippen molar-refractivity contribution in [1.29, 1.82) is 0 Å². The van der Waals surface area contributed by atoms with Crippen molar-refractivity contribution in [3.63, 3.8) is 0 Å². The molecule has 0 spiro atoms. The van der Waals surface area contributed by atoms with Crippen LogP contribution in [0.1, 0.15) is 42.7 Å². The highest BCUT2D eigenvalue weighted by atomic mass is 15.4. The molecule has 7 nitrogen and oxygen atoms in total. The molecule has 23 heavy (non-hydrogen) atoms. The van der Waals surface area contributed by atoms with Crippen LogP contribution in [-0.4, -0.2) is 35.7 Å². The first-order valence-corrected chi connectivity index (χ1v) is 8.01. The van der Waals surface area contributed by atoms with Gasteiger partial charge in [0.05, 0.1) is 12.2 Å². The van der Waals surface area contributed by atoms with Gasteiger partial charge in [-0.15, -0.1) is 0 Å². The average molecular weight is 311 g/mol. The van der Waals surface area contributed by atoms with Crippen LogP contribution in [0.15, 0.2) is 12.4 Å². The molecular weight excluding hydrogens is 290 g/mol. The number of aryl methyl sites for hydroxylation is 1. The van der Waals surface area contributed by atoms with Gasteiger partial charge in [-0.25, -0.2) is 9.97 Å². The highest BCUT2D eigenvalue weighted by Gasteiger charge is 2.25. The van der Waals surface area contributed by atoms with E-state index in [0.717, 1.165) is 36.8 Å². The number of anilines is 1. The van der Waals surface area contributed by atoms with Gasteiger partial charge >= 0.3 is 0 Å². The largest absolute Gasteiger partial charge is 0.350 e. The number of rotatable bonds is 2. The zero-order chi connectivity index (χ0) is 16.1. The molecule has 1 aliphatic heterocycles. The monoisotopic (exact) mass is 311 g/mol. The highest BCUT2D eigenvalue weighted by Crippen LogP contribution is 2.27. The molecule has 0 aliphatic carbocycles. The highest BCUT2D eigenvalue weighted by molar-refractivity contribution is 5.48. The predicted molar refractivity (Wildman–Crippen MR) is 87.6 cm³/mol. The van der Waals surface area contributed by atoms with E-state index in [4.69, 9.17) is 4.98 Å². The van der Waals surface area contributed by atoms with E-state index in [9.17, 15) is 0 Å². The Morgan fingerprint density at radius 3 is 2.83 bits per heavy atom. The Kier molecular flexibility index (Phi) is 3.11. The lowest BCUT2D eigenvalue weighted by Crippen LogP contribution is -2.32. The summed E-state index contributed by atoms with van der Waals surface area (Å²) >= 11 is 0. The number of fused-ring (bicyclic) bond motifs is 2. The summed E-state index contributed by atoms with van der Waals surface area (Å²) in [6.07, 6.45) is 2.54. The zero-order valence-corrected chi connectivity index (χ0v) is 14.0. The van der Waals surface area contributed by atoms with Crippen LogP contribution in [0.3, 0.4) is 0 Å². The van der Waals surface area contributed by atoms with Gasteiger partial charge in [0, 0.05) is 43.4 Å². The molecule has 0 unspecified atom stereocenters. The van der Waals surface area contributed by atoms with Gasteiger partial charge in [0.2, 0.25) is 0 Å². The van der Waals surface area contributed by atoms with Crippen LogP contribution in [0.5, 0.6) is 0 Å². The molecule has 0 aromatic carbocycles. The molecule has 4 heterocycles. The minimum absolute atomic E-state index is 0.434. The van der Waals surface area contributed by atoms with E-state index in [2.05, 4.69) is 51.5 Å². The molecule has 7 heteroatoms. The van der Waals surface area contributed by atoms with Gasteiger partial charge in [0.15, 0.2) is 0 Å². The van der Waals surface area contributed by atoms with Gasteiger partial charge in [-0.2, -0.15) is 14.6 Å². The third-order valence-electron chi connectivity index (χ3n) is 4.49. The van der Waals surface area contributed by atoms with Crippen LogP contribution >= 0.6 is 0 Å². The first kappa shape index (κ1) is 14.2. The Morgan fingerprint density at radius 2 is 2.04 bits per heavy atom. The fourth-order valence-electron chi connectivity index (χ4n) is 3.40. The minimum Gasteiger partial charge on any atom is -0.350 e. The number of aromatic nitrogens is 6. The molecular formula is C16H21N7. The van der Waals surface area contributed by atoms with Gasteiger partial charge in [-0.3, -0.25) is 0 Å². The Balaban J connectivity index is 1.75. The lowest BCUT2D eigenvalue weighted by atomic mass is 10.1. The smallest absolute Gasteiger partial charge is 0.254 e. The number of hydrogen-bond acceptors (Lipinski definition) is 5. The number of imidazole rings is 1. The maximum Gasteiger partial charge on any atom is 0.254 e. The molecule has 0 amide bonds. The van der Waals surface area contributed by atoms with E-state index >= 15 is 0 Å². The quantitative estimate of drug-likeness (QED) is 0.723. The summed E-state index contributed by atoms with van der Waals surface area (Å²) in [7, 11) is 2.13. The van der Waals surface area contributed by atoms with Gasteiger partial charge in [-0.1, -0.05) is 13.8 Å². The van der Waals surface area contributed by atoms with Gasteiger partial charge < -0.3 is 9.47 Å². The molecule has 0 radical (unpaired) electrons. The molecule has 0 atom stereocenters. The maximum absolute atomic E-state index is 4.88. The second-order valence-electron chi connectivity index (χ2n) is 6.48. The lowest BCUT2D eigenvalue weighted by Gasteiger charge is -2.28. The maximum atomic E-state index is 4.88. The van der Waals surface area contributed by atoms with Crippen molar-refractivity contribution in [3.05, 3.63) is 35.3 Å². The molecule has 3 aromatic heterocycles. The van der Waals surface area contributed by atoms with Crippen molar-refractivity contribution in [2.24, 2.45) is 7.05 Å². The van der Waals surface area contributed by atoms with Crippen LogP contribution in [0.25, 0.3) is 5.78 Å². The van der Waals surface area contributed by atoms with Crippen LogP contribution < -0.4 is 4.90 Å². The standard InChI is InChI=1S/C16H21N7/c1-10(2)15-20-12-8-22(6-5-13(12)21(15)4)14-7-11(3)19-16-17-9-18-23(14)16/h7,9-10H,5-6,8H2,1-4H3. The van der Waals surface area contributed by atoms with Gasteiger partial charge in [0.1, 0.15) is 18.0 Å². The van der Waals surface area contributed by atoms with E-state index in [1.165, 1.54) is 11.4 Å². The van der Waals surface area contributed by atoms with E-state index in [-0.39, 0.29) is 0 Å². The summed E-state index contributed by atoms with van der Waals surface area (Å²) in [5.41, 5.74) is 3.48. The van der Waals surface area contributed by atoms with Crippen LogP contribution in [0.2, 0.25) is 0 Å². The number of hydrogen-bond donors (Lipinski definition) is 0. The van der Waals surface area contributed by atoms with E-state index in [0.29, 0.717) is 11.7 Å². The van der Waals surface area contributed by atoms with Gasteiger partial charge in [-0.05, 0) is 6.92 Å². The topological polar surface area (TPSA) is 64.1 Å². The van der Waals surface area contributed by atoms with Crippen LogP contribution in [-0.2, 0) is 20.0 Å². The Hall–Kier alpha value is -2.44. The molecule has 3 aromatic rings. The average Bonchev–Trinajstić information content (AvgIpc) is 3.10. The predicted octanol–water partition coefficient (Wildman–Crippen LogP) is 1.85. The summed E-state index contributed by atoms with van der Waals surface area (Å²) in [4.78, 5) is 15.8. The summed E-state index contributed by atoms with van der Waals surface area (Å²) in [5.74, 6) is 3.28. The zero-order valence-electron chi connectivity index (χ0n) is 14.0. The molecule has 120 valence electrons. The third-order valence-corrected chi connectivity index (χ3v) is 4.49. The van der Waals surface area contributed by atoms with E-state index in [1.54, 1.807) is 6.33 Å². The first-order valence-electron chi connectivity index (χ1n) is 8.01. The van der Waals surface area contributed by atoms with Crippen molar-refractivity contribution >= 4 is 11.6 Å². The van der Waals surface area contributed by atoms with Crippen molar-refractivity contribution in [1.82, 2.24) is 29.1 Å². The number of nitrogens with zero attached hydrogens (tertiary/aromatic N) is 7. The normalized spacial score (nSPS) is 14.7. The van der Waals surface area contributed by atoms with Crippen LogP contribution in [0.4, 0.5) is 5.82 Å². The van der Waals surface area contributed by atoms with Gasteiger partial charge in [0.25, 0.3) is 5.78 Å². The second-order valence-corrected chi connectivity index (χ2v) is 6.48. The first-order chi connectivity index (χ1) is 11.0. The molecule has 4 rings (SSSR count). The fraction of sp³-hybridized carbons (Fsp3) is 0.500. The van der Waals surface area contributed by atoms with Crippen molar-refractivity contribution in [2.75, 3.05) is 11.4 Å². The summed E-state index contributed by atoms with van der Waals surface area (Å²) in [5, 5.41) is 4.32. The summed E-state index contributed by atoms with van der Waals surface area (Å²) < 4.78 is 4.07. The van der Waals surface area contributed by atoms with Crippen molar-refractivity contribution in [3.8, 4) is 0 Å². The molecule has 0 saturated carbocycles. The minimum atomic E-state index is 0.434. The third kappa shape index (κ3) is 2.18. The molecule has 0 saturated heterocycles. The van der Waals surface area contributed by atoms with Crippen LogP contribution in [0, 0.1) is 6.92 Å². The Labute approximate surface area is 135 Å². The van der Waals surface area contributed by atoms with E-state index < -0.39 is 0 Å². The fourth-order valence-corrected chi connectivity index (χ4v) is 3.40. The molecule has 0 fully saturated rings. The SMILES string of the molecule is Cc1cc(N2CCc3c(nc(C(C)C)n3C)C2)n2ncnc2n1.